The first-order valence-corrected chi connectivity index (χ1v) is 7.48. The minimum absolute atomic E-state index is 0.202. The molecule has 2 aromatic heterocycles. The van der Waals surface area contributed by atoms with Crippen molar-refractivity contribution in [2.75, 3.05) is 0 Å². The van der Waals surface area contributed by atoms with E-state index in [2.05, 4.69) is 21.0 Å². The van der Waals surface area contributed by atoms with E-state index in [0.29, 0.717) is 21.7 Å². The number of H-pyrrole nitrogens is 1. The average Bonchev–Trinajstić information content (AvgIpc) is 2.45. The lowest BCUT2D eigenvalue weighted by Crippen LogP contribution is -2.18. The Kier molecular flexibility index (Phi) is 4.76. The van der Waals surface area contributed by atoms with Crippen molar-refractivity contribution in [3.63, 3.8) is 0 Å². The van der Waals surface area contributed by atoms with Crippen molar-refractivity contribution in [2.45, 2.75) is 37.1 Å². The Bertz CT molecular complexity index is 719. The van der Waals surface area contributed by atoms with E-state index in [0.717, 1.165) is 5.56 Å². The Morgan fingerprint density at radius 3 is 2.76 bits per heavy atom. The highest BCUT2D eigenvalue weighted by molar-refractivity contribution is 7.99. The first-order chi connectivity index (χ1) is 10.0. The molecule has 5 nitrogen and oxygen atoms in total. The van der Waals surface area contributed by atoms with Gasteiger partial charge in [-0.05, 0) is 18.6 Å². The van der Waals surface area contributed by atoms with Gasteiger partial charge >= 0.3 is 0 Å². The number of hydrogen-bond acceptors (Lipinski definition) is 5. The topological polar surface area (TPSA) is 82.4 Å². The van der Waals surface area contributed by atoms with Crippen LogP contribution in [0.25, 0.3) is 0 Å². The monoisotopic (exact) mass is 300 g/mol. The number of rotatable bonds is 4. The fourth-order valence-corrected chi connectivity index (χ4v) is 2.68. The molecule has 108 valence electrons. The van der Waals surface area contributed by atoms with Gasteiger partial charge in [-0.15, -0.1) is 0 Å². The highest BCUT2D eigenvalue weighted by Crippen LogP contribution is 2.25. The molecule has 0 spiro atoms. The quantitative estimate of drug-likeness (QED) is 0.693. The Hall–Kier alpha value is -2.13. The molecule has 2 heterocycles. The lowest BCUT2D eigenvalue weighted by molar-refractivity contribution is 0.821. The number of aromatic nitrogens is 3. The second-order valence-electron chi connectivity index (χ2n) is 4.90. The summed E-state index contributed by atoms with van der Waals surface area (Å²) in [6, 6.07) is 5.81. The Morgan fingerprint density at radius 1 is 1.43 bits per heavy atom. The average molecular weight is 300 g/mol. The molecule has 1 unspecified atom stereocenters. The summed E-state index contributed by atoms with van der Waals surface area (Å²) in [5.74, 6) is -0.590. The lowest BCUT2D eigenvalue weighted by Gasteiger charge is -2.13. The number of pyridine rings is 1. The summed E-state index contributed by atoms with van der Waals surface area (Å²) in [7, 11) is 0. The molecule has 0 radical (unpaired) electrons. The molecule has 0 fully saturated rings. The predicted octanol–water partition coefficient (Wildman–Crippen LogP) is 2.63. The zero-order valence-corrected chi connectivity index (χ0v) is 12.9. The van der Waals surface area contributed by atoms with E-state index in [9.17, 15) is 10.1 Å². The predicted molar refractivity (Wildman–Crippen MR) is 82.3 cm³/mol. The summed E-state index contributed by atoms with van der Waals surface area (Å²) in [6.07, 6.45) is 3.28. The first-order valence-electron chi connectivity index (χ1n) is 6.60. The normalized spacial score (nSPS) is 12.1. The van der Waals surface area contributed by atoms with Gasteiger partial charge in [-0.2, -0.15) is 5.26 Å². The number of nitriles is 1. The molecule has 0 bridgehead atoms. The molecule has 0 aromatic carbocycles. The second-order valence-corrected chi connectivity index (χ2v) is 6.46. The van der Waals surface area contributed by atoms with Crippen LogP contribution in [0, 0.1) is 18.3 Å². The van der Waals surface area contributed by atoms with Crippen LogP contribution in [0.4, 0.5) is 0 Å². The van der Waals surface area contributed by atoms with Crippen molar-refractivity contribution >= 4 is 11.8 Å². The number of nitrogens with one attached hydrogen (secondary N) is 1. The molecule has 0 aliphatic rings. The van der Waals surface area contributed by atoms with Crippen LogP contribution in [0.5, 0.6) is 0 Å². The molecule has 0 saturated heterocycles. The van der Waals surface area contributed by atoms with Crippen molar-refractivity contribution in [1.82, 2.24) is 15.0 Å². The van der Waals surface area contributed by atoms with Crippen LogP contribution in [0.3, 0.4) is 0 Å². The maximum absolute atomic E-state index is 12.1. The highest BCUT2D eigenvalue weighted by Gasteiger charge is 2.20. The van der Waals surface area contributed by atoms with Gasteiger partial charge in [0.1, 0.15) is 5.92 Å². The third-order valence-electron chi connectivity index (χ3n) is 2.93. The van der Waals surface area contributed by atoms with Gasteiger partial charge in [0.2, 0.25) is 0 Å². The maximum Gasteiger partial charge on any atom is 0.254 e. The fourth-order valence-electron chi connectivity index (χ4n) is 1.93. The van der Waals surface area contributed by atoms with Gasteiger partial charge in [-0.1, -0.05) is 31.7 Å². The van der Waals surface area contributed by atoms with Crippen molar-refractivity contribution in [1.29, 1.82) is 5.26 Å². The molecule has 6 heteroatoms. The Balaban J connectivity index is 2.54. The Morgan fingerprint density at radius 2 is 2.19 bits per heavy atom. The van der Waals surface area contributed by atoms with E-state index < -0.39 is 5.92 Å². The molecule has 0 aliphatic carbocycles. The van der Waals surface area contributed by atoms with Crippen LogP contribution < -0.4 is 5.56 Å². The van der Waals surface area contributed by atoms with Gasteiger partial charge in [0.15, 0.2) is 5.16 Å². The van der Waals surface area contributed by atoms with E-state index >= 15 is 0 Å². The largest absolute Gasteiger partial charge is 0.301 e. The molecule has 0 amide bonds. The number of thioether (sulfide) groups is 1. The van der Waals surface area contributed by atoms with Crippen LogP contribution in [-0.2, 0) is 0 Å². The van der Waals surface area contributed by atoms with Crippen LogP contribution in [0.15, 0.2) is 34.5 Å². The van der Waals surface area contributed by atoms with Crippen LogP contribution >= 0.6 is 11.8 Å². The second kappa shape index (κ2) is 6.55. The van der Waals surface area contributed by atoms with Gasteiger partial charge in [0.05, 0.1) is 11.8 Å². The zero-order valence-electron chi connectivity index (χ0n) is 12.1. The van der Waals surface area contributed by atoms with E-state index in [1.165, 1.54) is 11.8 Å². The summed E-state index contributed by atoms with van der Waals surface area (Å²) >= 11 is 1.47. The summed E-state index contributed by atoms with van der Waals surface area (Å²) in [6.45, 7) is 5.73. The SMILES string of the molecule is Cc1c(C(C#N)c2cccnc2)nc(SC(C)C)[nH]c1=O. The fraction of sp³-hybridized carbons (Fsp3) is 0.333. The van der Waals surface area contributed by atoms with Crippen molar-refractivity contribution in [2.24, 2.45) is 0 Å². The summed E-state index contributed by atoms with van der Waals surface area (Å²) in [5, 5.41) is 10.3. The van der Waals surface area contributed by atoms with Crippen LogP contribution in [0.1, 0.15) is 36.6 Å². The first kappa shape index (κ1) is 15.3. The molecular formula is C15H16N4OS. The molecule has 1 N–H and O–H groups in total. The van der Waals surface area contributed by atoms with Gasteiger partial charge in [-0.25, -0.2) is 4.98 Å². The minimum atomic E-state index is -0.590. The number of aromatic amines is 1. The molecule has 2 aromatic rings. The van der Waals surface area contributed by atoms with Crippen LogP contribution in [0.2, 0.25) is 0 Å². The van der Waals surface area contributed by atoms with E-state index in [1.807, 2.05) is 19.9 Å². The highest BCUT2D eigenvalue weighted by atomic mass is 32.2. The molecule has 21 heavy (non-hydrogen) atoms. The van der Waals surface area contributed by atoms with E-state index in [4.69, 9.17) is 0 Å². The Labute approximate surface area is 127 Å². The molecule has 2 rings (SSSR count). The lowest BCUT2D eigenvalue weighted by atomic mass is 9.96. The number of hydrogen-bond donors (Lipinski definition) is 1. The molecule has 0 aliphatic heterocycles. The number of nitrogens with zero attached hydrogens (tertiary/aromatic N) is 3. The zero-order chi connectivity index (χ0) is 15.4. The standard InChI is InChI=1S/C15H16N4OS/c1-9(2)21-15-18-13(10(3)14(20)19-15)12(7-16)11-5-4-6-17-8-11/h4-6,8-9,12H,1-3H3,(H,18,19,20). The third-order valence-corrected chi connectivity index (χ3v) is 3.82. The molecule has 1 atom stereocenters. The van der Waals surface area contributed by atoms with Gasteiger partial charge < -0.3 is 4.98 Å². The summed E-state index contributed by atoms with van der Waals surface area (Å²) in [4.78, 5) is 23.3. The van der Waals surface area contributed by atoms with E-state index in [1.54, 1.807) is 25.4 Å². The smallest absolute Gasteiger partial charge is 0.254 e. The van der Waals surface area contributed by atoms with Crippen molar-refractivity contribution < 1.29 is 0 Å². The van der Waals surface area contributed by atoms with Gasteiger partial charge in [0.25, 0.3) is 5.56 Å². The van der Waals surface area contributed by atoms with Gasteiger partial charge in [-0.3, -0.25) is 9.78 Å². The van der Waals surface area contributed by atoms with Gasteiger partial charge in [0, 0.05) is 23.2 Å². The van der Waals surface area contributed by atoms with Crippen molar-refractivity contribution in [3.05, 3.63) is 51.7 Å². The van der Waals surface area contributed by atoms with E-state index in [-0.39, 0.29) is 5.56 Å². The summed E-state index contributed by atoms with van der Waals surface area (Å²) in [5.41, 5.74) is 1.50. The minimum Gasteiger partial charge on any atom is -0.301 e. The van der Waals surface area contributed by atoms with Crippen molar-refractivity contribution in [3.8, 4) is 6.07 Å². The molecule has 0 saturated carbocycles. The third kappa shape index (κ3) is 3.50. The van der Waals surface area contributed by atoms with Crippen LogP contribution in [-0.4, -0.2) is 20.2 Å². The summed E-state index contributed by atoms with van der Waals surface area (Å²) < 4.78 is 0. The molecular weight excluding hydrogens is 284 g/mol. The maximum atomic E-state index is 12.1.